The molecule has 0 bridgehead atoms. The molecule has 1 aromatic heterocycles. The highest BCUT2D eigenvalue weighted by molar-refractivity contribution is 5.48. The summed E-state index contributed by atoms with van der Waals surface area (Å²) in [5, 5.41) is 10.1. The molecule has 0 saturated carbocycles. The molecule has 1 aromatic carbocycles. The third kappa shape index (κ3) is 4.41. The zero-order chi connectivity index (χ0) is 16.4. The lowest BCUT2D eigenvalue weighted by molar-refractivity contribution is -0.274. The third-order valence-electron chi connectivity index (χ3n) is 2.98. The lowest BCUT2D eigenvalue weighted by Crippen LogP contribution is -2.17. The van der Waals surface area contributed by atoms with E-state index < -0.39 is 6.36 Å². The summed E-state index contributed by atoms with van der Waals surface area (Å²) in [7, 11) is 0. The van der Waals surface area contributed by atoms with Crippen molar-refractivity contribution >= 4 is 5.69 Å². The van der Waals surface area contributed by atoms with Crippen molar-refractivity contribution in [3.63, 3.8) is 0 Å². The molecule has 22 heavy (non-hydrogen) atoms. The molecule has 0 saturated heterocycles. The number of hydrogen-bond acceptors (Lipinski definition) is 3. The highest BCUT2D eigenvalue weighted by atomic mass is 19.4. The molecule has 0 atom stereocenters. The molecule has 0 fully saturated rings. The first kappa shape index (κ1) is 16.2. The van der Waals surface area contributed by atoms with Crippen molar-refractivity contribution in [1.29, 1.82) is 0 Å². The van der Waals surface area contributed by atoms with E-state index in [1.807, 2.05) is 20.8 Å². The van der Waals surface area contributed by atoms with Crippen LogP contribution in [0.4, 0.5) is 18.9 Å². The Bertz CT molecular complexity index is 629. The Morgan fingerprint density at radius 1 is 1.23 bits per heavy atom. The normalized spacial score (nSPS) is 12.3. The van der Waals surface area contributed by atoms with E-state index in [9.17, 15) is 13.2 Å². The van der Waals surface area contributed by atoms with E-state index in [1.54, 1.807) is 12.3 Å². The van der Waals surface area contributed by atoms with Crippen molar-refractivity contribution in [3.8, 4) is 5.75 Å². The fourth-order valence-corrected chi connectivity index (χ4v) is 2.10. The number of anilines is 1. The number of rotatable bonds is 4. The molecule has 2 rings (SSSR count). The predicted octanol–water partition coefficient (Wildman–Crippen LogP) is 4.22. The molecule has 4 nitrogen and oxygen atoms in total. The van der Waals surface area contributed by atoms with Crippen LogP contribution in [0.3, 0.4) is 0 Å². The Balaban J connectivity index is 2.07. The fraction of sp³-hybridized carbons (Fsp3) is 0.400. The first-order valence-corrected chi connectivity index (χ1v) is 6.78. The van der Waals surface area contributed by atoms with Gasteiger partial charge in [0.25, 0.3) is 0 Å². The predicted molar refractivity (Wildman–Crippen MR) is 77.7 cm³/mol. The number of nitrogens with zero attached hydrogens (tertiary/aromatic N) is 1. The Kier molecular flexibility index (Phi) is 4.35. The molecule has 0 radical (unpaired) electrons. The van der Waals surface area contributed by atoms with Crippen molar-refractivity contribution in [2.75, 3.05) is 5.32 Å². The molecule has 0 aliphatic heterocycles. The van der Waals surface area contributed by atoms with Gasteiger partial charge in [0.1, 0.15) is 5.75 Å². The van der Waals surface area contributed by atoms with Gasteiger partial charge in [0.05, 0.1) is 5.69 Å². The van der Waals surface area contributed by atoms with E-state index in [1.165, 1.54) is 18.2 Å². The number of hydrogen-bond donors (Lipinski definition) is 2. The van der Waals surface area contributed by atoms with Crippen molar-refractivity contribution in [2.45, 2.75) is 39.1 Å². The number of aromatic nitrogens is 2. The van der Waals surface area contributed by atoms with Gasteiger partial charge < -0.3 is 10.1 Å². The Morgan fingerprint density at radius 2 is 1.95 bits per heavy atom. The zero-order valence-corrected chi connectivity index (χ0v) is 12.6. The van der Waals surface area contributed by atoms with Crippen LogP contribution in [0.5, 0.6) is 5.75 Å². The van der Waals surface area contributed by atoms with Crippen LogP contribution < -0.4 is 10.1 Å². The van der Waals surface area contributed by atoms with Crippen molar-refractivity contribution in [2.24, 2.45) is 0 Å². The van der Waals surface area contributed by atoms with Crippen molar-refractivity contribution in [3.05, 3.63) is 41.7 Å². The van der Waals surface area contributed by atoms with E-state index in [0.29, 0.717) is 12.2 Å². The molecule has 0 aliphatic rings. The maximum Gasteiger partial charge on any atom is 0.573 e. The van der Waals surface area contributed by atoms with Gasteiger partial charge in [-0.2, -0.15) is 5.10 Å². The summed E-state index contributed by atoms with van der Waals surface area (Å²) < 4.78 is 40.5. The molecule has 2 N–H and O–H groups in total. The van der Waals surface area contributed by atoms with Gasteiger partial charge >= 0.3 is 6.36 Å². The van der Waals surface area contributed by atoms with E-state index in [2.05, 4.69) is 20.3 Å². The summed E-state index contributed by atoms with van der Waals surface area (Å²) in [5.74, 6) is -0.249. The van der Waals surface area contributed by atoms with E-state index in [4.69, 9.17) is 0 Å². The Morgan fingerprint density at radius 3 is 2.59 bits per heavy atom. The van der Waals surface area contributed by atoms with Crippen LogP contribution in [-0.2, 0) is 12.0 Å². The van der Waals surface area contributed by atoms with E-state index in [0.717, 1.165) is 11.3 Å². The second kappa shape index (κ2) is 5.90. The maximum absolute atomic E-state index is 12.2. The molecular weight excluding hydrogens is 295 g/mol. The van der Waals surface area contributed by atoms with Gasteiger partial charge in [0.2, 0.25) is 0 Å². The molecule has 2 aromatic rings. The van der Waals surface area contributed by atoms with Gasteiger partial charge in [0.15, 0.2) is 0 Å². The number of alkyl halides is 3. The van der Waals surface area contributed by atoms with Crippen LogP contribution in [0.1, 0.15) is 32.0 Å². The second-order valence-electron chi connectivity index (χ2n) is 5.94. The van der Waals surface area contributed by atoms with Crippen LogP contribution in [0.2, 0.25) is 0 Å². The van der Waals surface area contributed by atoms with Crippen molar-refractivity contribution < 1.29 is 17.9 Å². The van der Waals surface area contributed by atoms with Crippen LogP contribution in [0.15, 0.2) is 30.5 Å². The smallest absolute Gasteiger partial charge is 0.406 e. The highest BCUT2D eigenvalue weighted by Gasteiger charge is 2.31. The van der Waals surface area contributed by atoms with Gasteiger partial charge in [0, 0.05) is 35.5 Å². The van der Waals surface area contributed by atoms with E-state index in [-0.39, 0.29) is 11.2 Å². The van der Waals surface area contributed by atoms with Crippen LogP contribution >= 0.6 is 0 Å². The second-order valence-corrected chi connectivity index (χ2v) is 5.94. The zero-order valence-electron chi connectivity index (χ0n) is 12.6. The van der Waals surface area contributed by atoms with Crippen LogP contribution in [0, 0.1) is 0 Å². The van der Waals surface area contributed by atoms with Crippen molar-refractivity contribution in [1.82, 2.24) is 10.2 Å². The Labute approximate surface area is 126 Å². The maximum atomic E-state index is 12.2. The number of ether oxygens (including phenoxy) is 1. The minimum absolute atomic E-state index is 0.113. The summed E-state index contributed by atoms with van der Waals surface area (Å²) in [6, 6.07) is 5.75. The lowest BCUT2D eigenvalue weighted by atomic mass is 9.89. The number of benzene rings is 1. The minimum Gasteiger partial charge on any atom is -0.406 e. The summed E-state index contributed by atoms with van der Waals surface area (Å²) in [5.41, 5.74) is 2.32. The van der Waals surface area contributed by atoms with Gasteiger partial charge in [-0.25, -0.2) is 0 Å². The van der Waals surface area contributed by atoms with Gasteiger partial charge in [-0.1, -0.05) is 26.8 Å². The highest BCUT2D eigenvalue weighted by Crippen LogP contribution is 2.27. The summed E-state index contributed by atoms with van der Waals surface area (Å²) >= 11 is 0. The molecule has 0 spiro atoms. The average Bonchev–Trinajstić information content (AvgIpc) is 2.83. The fourth-order valence-electron chi connectivity index (χ4n) is 2.10. The summed E-state index contributed by atoms with van der Waals surface area (Å²) in [6.45, 7) is 6.60. The number of halogens is 3. The first-order chi connectivity index (χ1) is 10.1. The molecule has 0 aliphatic carbocycles. The van der Waals surface area contributed by atoms with Crippen LogP contribution in [-0.4, -0.2) is 16.6 Å². The average molecular weight is 313 g/mol. The lowest BCUT2D eigenvalue weighted by Gasteiger charge is -2.18. The third-order valence-corrected chi connectivity index (χ3v) is 2.98. The molecule has 7 heteroatoms. The Hall–Kier alpha value is -2.18. The van der Waals surface area contributed by atoms with Gasteiger partial charge in [-0.3, -0.25) is 5.10 Å². The first-order valence-electron chi connectivity index (χ1n) is 6.78. The summed E-state index contributed by atoms with van der Waals surface area (Å²) in [6.07, 6.45) is -2.91. The molecule has 1 heterocycles. The quantitative estimate of drug-likeness (QED) is 0.888. The topological polar surface area (TPSA) is 49.9 Å². The minimum atomic E-state index is -4.69. The molecule has 0 unspecified atom stereocenters. The van der Waals surface area contributed by atoms with E-state index >= 15 is 0 Å². The number of aromatic amines is 1. The van der Waals surface area contributed by atoms with Crippen LogP contribution in [0.25, 0.3) is 0 Å². The number of H-pyrrole nitrogens is 1. The molecule has 120 valence electrons. The largest absolute Gasteiger partial charge is 0.573 e. The SMILES string of the molecule is CC(C)(C)c1n[nH]cc1CNc1cccc(OC(F)(F)F)c1. The standard InChI is InChI=1S/C15H18F3N3O/c1-14(2,3)13-10(9-20-21-13)8-19-11-5-4-6-12(7-11)22-15(16,17)18/h4-7,9,19H,8H2,1-3H3,(H,20,21). The number of nitrogens with one attached hydrogen (secondary N) is 2. The summed E-state index contributed by atoms with van der Waals surface area (Å²) in [4.78, 5) is 0. The van der Waals surface area contributed by atoms with Gasteiger partial charge in [-0.15, -0.1) is 13.2 Å². The monoisotopic (exact) mass is 313 g/mol. The molecule has 0 amide bonds. The molecular formula is C15H18F3N3O. The van der Waals surface area contributed by atoms with Gasteiger partial charge in [-0.05, 0) is 12.1 Å².